The Morgan fingerprint density at radius 3 is 2.93 bits per heavy atom. The molecule has 0 aliphatic carbocycles. The van der Waals surface area contributed by atoms with E-state index >= 15 is 0 Å². The first-order valence-corrected chi connectivity index (χ1v) is 4.54. The zero-order valence-corrected chi connectivity index (χ0v) is 8.00. The lowest BCUT2D eigenvalue weighted by Gasteiger charge is -2.04. The van der Waals surface area contributed by atoms with Gasteiger partial charge < -0.3 is 10.7 Å². The molecule has 3 nitrogen and oxygen atoms in total. The summed E-state index contributed by atoms with van der Waals surface area (Å²) in [7, 11) is 0. The summed E-state index contributed by atoms with van der Waals surface area (Å²) in [4.78, 5) is 14.8. The van der Waals surface area contributed by atoms with Gasteiger partial charge in [-0.15, -0.1) is 0 Å². The van der Waals surface area contributed by atoms with Crippen molar-refractivity contribution in [3.8, 4) is 0 Å². The van der Waals surface area contributed by atoms with Gasteiger partial charge in [-0.3, -0.25) is 4.79 Å². The van der Waals surface area contributed by atoms with E-state index in [1.54, 1.807) is 6.07 Å². The zero-order chi connectivity index (χ0) is 10.1. The van der Waals surface area contributed by atoms with Crippen LogP contribution in [0.2, 0.25) is 0 Å². The van der Waals surface area contributed by atoms with Gasteiger partial charge in [0.25, 0.3) is 0 Å². The number of rotatable bonds is 1. The zero-order valence-electron chi connectivity index (χ0n) is 8.00. The molecule has 2 rings (SSSR count). The molecule has 72 valence electrons. The summed E-state index contributed by atoms with van der Waals surface area (Å²) >= 11 is 0. The fourth-order valence-electron chi connectivity index (χ4n) is 1.63. The van der Waals surface area contributed by atoms with E-state index in [1.807, 2.05) is 25.1 Å². The SMILES string of the molecule is Cc1cc(=O)c2cccc(CN)c2[nH]1. The Morgan fingerprint density at radius 1 is 1.43 bits per heavy atom. The normalized spacial score (nSPS) is 10.7. The molecule has 0 fully saturated rings. The number of fused-ring (bicyclic) bond motifs is 1. The number of hydrogen-bond donors (Lipinski definition) is 2. The molecular formula is C11H12N2O. The van der Waals surface area contributed by atoms with Gasteiger partial charge in [-0.05, 0) is 18.6 Å². The second-order valence-electron chi connectivity index (χ2n) is 3.36. The van der Waals surface area contributed by atoms with Crippen LogP contribution in [-0.2, 0) is 6.54 Å². The fourth-order valence-corrected chi connectivity index (χ4v) is 1.63. The van der Waals surface area contributed by atoms with Crippen LogP contribution in [0.15, 0.2) is 29.1 Å². The van der Waals surface area contributed by atoms with Crippen LogP contribution in [0.5, 0.6) is 0 Å². The number of aryl methyl sites for hydroxylation is 1. The Balaban J connectivity index is 2.94. The Morgan fingerprint density at radius 2 is 2.21 bits per heavy atom. The topological polar surface area (TPSA) is 58.9 Å². The molecule has 0 atom stereocenters. The van der Waals surface area contributed by atoms with E-state index in [1.165, 1.54) is 0 Å². The van der Waals surface area contributed by atoms with Crippen molar-refractivity contribution in [2.24, 2.45) is 5.73 Å². The van der Waals surface area contributed by atoms with Gasteiger partial charge in [0.1, 0.15) is 0 Å². The third kappa shape index (κ3) is 1.32. The Bertz CT molecular complexity index is 528. The minimum atomic E-state index is 0.0477. The molecule has 2 aromatic rings. The molecule has 0 spiro atoms. The molecule has 0 unspecified atom stereocenters. The molecule has 3 heteroatoms. The number of benzene rings is 1. The summed E-state index contributed by atoms with van der Waals surface area (Å²) in [5, 5.41) is 0.707. The van der Waals surface area contributed by atoms with Crippen LogP contribution < -0.4 is 11.2 Å². The second-order valence-corrected chi connectivity index (χ2v) is 3.36. The highest BCUT2D eigenvalue weighted by molar-refractivity contribution is 5.81. The molecule has 14 heavy (non-hydrogen) atoms. The van der Waals surface area contributed by atoms with Crippen molar-refractivity contribution in [1.82, 2.24) is 4.98 Å². The highest BCUT2D eigenvalue weighted by Crippen LogP contribution is 2.13. The number of para-hydroxylation sites is 1. The molecular weight excluding hydrogens is 176 g/mol. The molecule has 0 aliphatic rings. The maximum atomic E-state index is 11.6. The first-order chi connectivity index (χ1) is 6.72. The summed E-state index contributed by atoms with van der Waals surface area (Å²) in [6.07, 6.45) is 0. The standard InChI is InChI=1S/C11H12N2O/c1-7-5-10(14)9-4-2-3-8(6-12)11(9)13-7/h2-5H,6,12H2,1H3,(H,13,14). The van der Waals surface area contributed by atoms with Crippen LogP contribution in [-0.4, -0.2) is 4.98 Å². The third-order valence-electron chi connectivity index (χ3n) is 2.31. The summed E-state index contributed by atoms with van der Waals surface area (Å²) in [6.45, 7) is 2.31. The molecule has 0 aliphatic heterocycles. The molecule has 0 bridgehead atoms. The van der Waals surface area contributed by atoms with Crippen molar-refractivity contribution in [2.45, 2.75) is 13.5 Å². The molecule has 0 saturated heterocycles. The first-order valence-electron chi connectivity index (χ1n) is 4.54. The van der Waals surface area contributed by atoms with Crippen molar-refractivity contribution >= 4 is 10.9 Å². The molecule has 0 amide bonds. The summed E-state index contributed by atoms with van der Waals surface area (Å²) in [5.41, 5.74) is 8.34. The maximum absolute atomic E-state index is 11.6. The minimum absolute atomic E-state index is 0.0477. The number of aromatic amines is 1. The Labute approximate surface area is 81.6 Å². The largest absolute Gasteiger partial charge is 0.358 e. The van der Waals surface area contributed by atoms with Gasteiger partial charge in [-0.25, -0.2) is 0 Å². The van der Waals surface area contributed by atoms with Crippen molar-refractivity contribution in [3.05, 3.63) is 45.7 Å². The number of H-pyrrole nitrogens is 1. The van der Waals surface area contributed by atoms with Crippen LogP contribution in [0.1, 0.15) is 11.3 Å². The lowest BCUT2D eigenvalue weighted by molar-refractivity contribution is 1.07. The smallest absolute Gasteiger partial charge is 0.189 e. The second kappa shape index (κ2) is 3.27. The maximum Gasteiger partial charge on any atom is 0.189 e. The van der Waals surface area contributed by atoms with E-state index in [4.69, 9.17) is 5.73 Å². The van der Waals surface area contributed by atoms with Gasteiger partial charge in [-0.1, -0.05) is 12.1 Å². The predicted molar refractivity (Wildman–Crippen MR) is 57.2 cm³/mol. The van der Waals surface area contributed by atoms with Gasteiger partial charge in [-0.2, -0.15) is 0 Å². The van der Waals surface area contributed by atoms with Crippen LogP contribution >= 0.6 is 0 Å². The van der Waals surface area contributed by atoms with Crippen molar-refractivity contribution in [3.63, 3.8) is 0 Å². The first kappa shape index (κ1) is 8.97. The molecule has 0 radical (unpaired) electrons. The number of aromatic nitrogens is 1. The Hall–Kier alpha value is -1.61. The van der Waals surface area contributed by atoms with Gasteiger partial charge in [0.05, 0.1) is 5.52 Å². The fraction of sp³-hybridized carbons (Fsp3) is 0.182. The summed E-state index contributed by atoms with van der Waals surface area (Å²) < 4.78 is 0. The van der Waals surface area contributed by atoms with Crippen LogP contribution in [0.4, 0.5) is 0 Å². The van der Waals surface area contributed by atoms with E-state index in [0.29, 0.717) is 11.9 Å². The van der Waals surface area contributed by atoms with E-state index in [9.17, 15) is 4.79 Å². The van der Waals surface area contributed by atoms with Crippen LogP contribution in [0.25, 0.3) is 10.9 Å². The van der Waals surface area contributed by atoms with E-state index in [-0.39, 0.29) is 5.43 Å². The number of nitrogens with two attached hydrogens (primary N) is 1. The predicted octanol–water partition coefficient (Wildman–Crippen LogP) is 1.30. The highest BCUT2D eigenvalue weighted by Gasteiger charge is 2.02. The minimum Gasteiger partial charge on any atom is -0.358 e. The van der Waals surface area contributed by atoms with Crippen molar-refractivity contribution in [1.29, 1.82) is 0 Å². The van der Waals surface area contributed by atoms with Crippen molar-refractivity contribution < 1.29 is 0 Å². The quantitative estimate of drug-likeness (QED) is 0.708. The van der Waals surface area contributed by atoms with Crippen LogP contribution in [0.3, 0.4) is 0 Å². The summed E-state index contributed by atoms with van der Waals surface area (Å²) in [6, 6.07) is 7.20. The summed E-state index contributed by atoms with van der Waals surface area (Å²) in [5.74, 6) is 0. The lowest BCUT2D eigenvalue weighted by atomic mass is 10.1. The molecule has 1 aromatic carbocycles. The lowest BCUT2D eigenvalue weighted by Crippen LogP contribution is -2.06. The van der Waals surface area contributed by atoms with Gasteiger partial charge >= 0.3 is 0 Å². The number of hydrogen-bond acceptors (Lipinski definition) is 2. The van der Waals surface area contributed by atoms with E-state index in [0.717, 1.165) is 16.8 Å². The third-order valence-corrected chi connectivity index (χ3v) is 2.31. The van der Waals surface area contributed by atoms with Crippen LogP contribution in [0, 0.1) is 6.92 Å². The molecule has 1 aromatic heterocycles. The van der Waals surface area contributed by atoms with Gasteiger partial charge in [0, 0.05) is 23.7 Å². The number of pyridine rings is 1. The average Bonchev–Trinajstić information content (AvgIpc) is 2.17. The van der Waals surface area contributed by atoms with Crippen molar-refractivity contribution in [2.75, 3.05) is 0 Å². The van der Waals surface area contributed by atoms with E-state index in [2.05, 4.69) is 4.98 Å². The molecule has 1 heterocycles. The van der Waals surface area contributed by atoms with E-state index < -0.39 is 0 Å². The van der Waals surface area contributed by atoms with Gasteiger partial charge in [0.2, 0.25) is 0 Å². The average molecular weight is 188 g/mol. The molecule has 3 N–H and O–H groups in total. The van der Waals surface area contributed by atoms with Gasteiger partial charge in [0.15, 0.2) is 5.43 Å². The monoisotopic (exact) mass is 188 g/mol. The molecule has 0 saturated carbocycles. The highest BCUT2D eigenvalue weighted by atomic mass is 16.1. The number of nitrogens with one attached hydrogen (secondary N) is 1. The Kier molecular flexibility index (Phi) is 2.09.